The van der Waals surface area contributed by atoms with Gasteiger partial charge in [-0.1, -0.05) is 51.8 Å². The molecule has 27 heavy (non-hydrogen) atoms. The van der Waals surface area contributed by atoms with Crippen molar-refractivity contribution < 1.29 is 5.11 Å². The summed E-state index contributed by atoms with van der Waals surface area (Å²) >= 11 is 9.94. The summed E-state index contributed by atoms with van der Waals surface area (Å²) in [7, 11) is 0. The minimum atomic E-state index is -0.894. The molecule has 0 radical (unpaired) electrons. The molecule has 0 spiro atoms. The number of aromatic nitrogens is 3. The van der Waals surface area contributed by atoms with E-state index in [0.717, 1.165) is 32.0 Å². The van der Waals surface area contributed by atoms with Crippen LogP contribution in [0.15, 0.2) is 56.7 Å². The smallest absolute Gasteiger partial charge is 0.349 e. The molecule has 2 aromatic carbocycles. The zero-order chi connectivity index (χ0) is 19.8. The zero-order valence-electron chi connectivity index (χ0n) is 14.7. The number of rotatable bonds is 4. The van der Waals surface area contributed by atoms with E-state index < -0.39 is 16.9 Å². The molecule has 3 aromatic rings. The Morgan fingerprint density at radius 3 is 2.44 bits per heavy atom. The molecule has 2 N–H and O–H groups in total. The van der Waals surface area contributed by atoms with Crippen LogP contribution in [-0.2, 0) is 12.0 Å². The van der Waals surface area contributed by atoms with Gasteiger partial charge in [-0.3, -0.25) is 9.78 Å². The molecular formula is C19H17BrClN3O3. The number of nitrogens with one attached hydrogen (secondary N) is 1. The lowest BCUT2D eigenvalue weighted by Gasteiger charge is -2.18. The summed E-state index contributed by atoms with van der Waals surface area (Å²) < 4.78 is 1.79. The monoisotopic (exact) mass is 449 g/mol. The number of H-pyrrole nitrogens is 1. The van der Waals surface area contributed by atoms with Crippen molar-refractivity contribution in [2.45, 2.75) is 25.9 Å². The molecule has 0 saturated heterocycles. The second kappa shape index (κ2) is 7.42. The van der Waals surface area contributed by atoms with E-state index in [4.69, 9.17) is 11.6 Å². The van der Waals surface area contributed by atoms with Crippen molar-refractivity contribution in [3.8, 4) is 5.69 Å². The lowest BCUT2D eigenvalue weighted by atomic mass is 9.95. The Kier molecular flexibility index (Phi) is 5.37. The number of benzene rings is 2. The standard InChI is InChI=1S/C19H17BrClN3O3/c1-19(2,27)12-5-3-11(4-6-12)7-14-15(20)8-13(9-16(14)21)24-18(26)23-17(25)10-22-24/h3-6,8-10,27H,7H2,1-2H3,(H,23,25,26). The summed E-state index contributed by atoms with van der Waals surface area (Å²) in [4.78, 5) is 25.2. The van der Waals surface area contributed by atoms with Crippen LogP contribution in [0.1, 0.15) is 30.5 Å². The number of hydrogen-bond acceptors (Lipinski definition) is 4. The summed E-state index contributed by atoms with van der Waals surface area (Å²) in [6.07, 6.45) is 1.60. The SMILES string of the molecule is CC(C)(O)c1ccc(Cc2c(Cl)cc(-n3ncc(=O)[nH]c3=O)cc2Br)cc1. The van der Waals surface area contributed by atoms with Crippen LogP contribution in [0.25, 0.3) is 5.69 Å². The van der Waals surface area contributed by atoms with Gasteiger partial charge in [0.15, 0.2) is 0 Å². The number of nitrogens with zero attached hydrogens (tertiary/aromatic N) is 2. The summed E-state index contributed by atoms with van der Waals surface area (Å²) in [6, 6.07) is 11.0. The van der Waals surface area contributed by atoms with Gasteiger partial charge in [0.2, 0.25) is 0 Å². The molecule has 0 bridgehead atoms. The number of hydrogen-bond donors (Lipinski definition) is 2. The number of aromatic amines is 1. The molecule has 140 valence electrons. The Morgan fingerprint density at radius 2 is 1.89 bits per heavy atom. The molecule has 8 heteroatoms. The Labute approximate surface area is 168 Å². The summed E-state index contributed by atoms with van der Waals surface area (Å²) in [5.74, 6) is 0. The molecule has 0 aliphatic rings. The Morgan fingerprint density at radius 1 is 1.22 bits per heavy atom. The van der Waals surface area contributed by atoms with Crippen LogP contribution in [0.4, 0.5) is 0 Å². The maximum atomic E-state index is 11.9. The number of halogens is 2. The molecule has 0 atom stereocenters. The second-order valence-electron chi connectivity index (χ2n) is 6.67. The maximum Gasteiger partial charge on any atom is 0.349 e. The van der Waals surface area contributed by atoms with Crippen LogP contribution >= 0.6 is 27.5 Å². The minimum Gasteiger partial charge on any atom is -0.386 e. The highest BCUT2D eigenvalue weighted by Gasteiger charge is 2.16. The van der Waals surface area contributed by atoms with Crippen LogP contribution in [0.5, 0.6) is 0 Å². The molecule has 1 aromatic heterocycles. The van der Waals surface area contributed by atoms with E-state index in [1.807, 2.05) is 24.3 Å². The fourth-order valence-electron chi connectivity index (χ4n) is 2.65. The van der Waals surface area contributed by atoms with E-state index >= 15 is 0 Å². The molecule has 0 aliphatic carbocycles. The quantitative estimate of drug-likeness (QED) is 0.639. The number of aliphatic hydroxyl groups is 1. The van der Waals surface area contributed by atoms with Crippen molar-refractivity contribution in [1.82, 2.24) is 14.8 Å². The van der Waals surface area contributed by atoms with Gasteiger partial charge in [-0.2, -0.15) is 9.78 Å². The molecular weight excluding hydrogens is 434 g/mol. The van der Waals surface area contributed by atoms with E-state index in [9.17, 15) is 14.7 Å². The van der Waals surface area contributed by atoms with Gasteiger partial charge >= 0.3 is 5.69 Å². The van der Waals surface area contributed by atoms with Gasteiger partial charge in [0.1, 0.15) is 6.20 Å². The van der Waals surface area contributed by atoms with Crippen LogP contribution in [0.2, 0.25) is 5.02 Å². The van der Waals surface area contributed by atoms with Crippen LogP contribution < -0.4 is 11.2 Å². The molecule has 1 heterocycles. The molecule has 0 saturated carbocycles. The topological polar surface area (TPSA) is 88.0 Å². The fourth-order valence-corrected chi connectivity index (χ4v) is 3.64. The summed E-state index contributed by atoms with van der Waals surface area (Å²) in [5.41, 5.74) is 1.05. The van der Waals surface area contributed by atoms with Gasteiger partial charge in [0.05, 0.1) is 11.3 Å². The van der Waals surface area contributed by atoms with E-state index in [1.54, 1.807) is 26.0 Å². The van der Waals surface area contributed by atoms with Crippen molar-refractivity contribution in [3.05, 3.63) is 89.6 Å². The van der Waals surface area contributed by atoms with Gasteiger partial charge in [-0.15, -0.1) is 0 Å². The third-order valence-electron chi connectivity index (χ3n) is 4.12. The maximum absolute atomic E-state index is 11.9. The van der Waals surface area contributed by atoms with E-state index in [0.29, 0.717) is 17.1 Å². The third-order valence-corrected chi connectivity index (χ3v) is 5.17. The van der Waals surface area contributed by atoms with Gasteiger partial charge in [-0.25, -0.2) is 4.79 Å². The first-order valence-electron chi connectivity index (χ1n) is 8.14. The van der Waals surface area contributed by atoms with Gasteiger partial charge in [-0.05, 0) is 42.7 Å². The average molecular weight is 451 g/mol. The lowest BCUT2D eigenvalue weighted by molar-refractivity contribution is 0.0786. The largest absolute Gasteiger partial charge is 0.386 e. The minimum absolute atomic E-state index is 0.439. The first kappa shape index (κ1) is 19.5. The van der Waals surface area contributed by atoms with Crippen molar-refractivity contribution >= 4 is 27.5 Å². The zero-order valence-corrected chi connectivity index (χ0v) is 17.0. The van der Waals surface area contributed by atoms with E-state index in [1.165, 1.54) is 0 Å². The highest BCUT2D eigenvalue weighted by atomic mass is 79.9. The van der Waals surface area contributed by atoms with Gasteiger partial charge in [0.25, 0.3) is 5.56 Å². The first-order chi connectivity index (χ1) is 12.6. The molecule has 0 fully saturated rings. The molecule has 0 unspecified atom stereocenters. The van der Waals surface area contributed by atoms with Crippen LogP contribution in [0.3, 0.4) is 0 Å². The average Bonchev–Trinajstić information content (AvgIpc) is 2.57. The lowest BCUT2D eigenvalue weighted by Crippen LogP contribution is -2.30. The van der Waals surface area contributed by atoms with Crippen LogP contribution in [-0.4, -0.2) is 19.9 Å². The summed E-state index contributed by atoms with van der Waals surface area (Å²) in [5, 5.41) is 14.3. The Bertz CT molecular complexity index is 1080. The fraction of sp³-hybridized carbons (Fsp3) is 0.211. The highest BCUT2D eigenvalue weighted by Crippen LogP contribution is 2.30. The molecule has 6 nitrogen and oxygen atoms in total. The van der Waals surface area contributed by atoms with Crippen molar-refractivity contribution in [2.75, 3.05) is 0 Å². The van der Waals surface area contributed by atoms with Gasteiger partial charge in [0, 0.05) is 15.9 Å². The second-order valence-corrected chi connectivity index (χ2v) is 7.93. The Balaban J connectivity index is 1.94. The molecule has 3 rings (SSSR count). The predicted molar refractivity (Wildman–Crippen MR) is 108 cm³/mol. The molecule has 0 amide bonds. The normalized spacial score (nSPS) is 11.6. The Hall–Kier alpha value is -2.22. The van der Waals surface area contributed by atoms with Crippen molar-refractivity contribution in [2.24, 2.45) is 0 Å². The third kappa shape index (κ3) is 4.37. The van der Waals surface area contributed by atoms with Crippen molar-refractivity contribution in [1.29, 1.82) is 0 Å². The van der Waals surface area contributed by atoms with Crippen molar-refractivity contribution in [3.63, 3.8) is 0 Å². The van der Waals surface area contributed by atoms with Crippen LogP contribution in [0, 0.1) is 0 Å². The first-order valence-corrected chi connectivity index (χ1v) is 9.31. The van der Waals surface area contributed by atoms with E-state index in [2.05, 4.69) is 26.0 Å². The highest BCUT2D eigenvalue weighted by molar-refractivity contribution is 9.10. The van der Waals surface area contributed by atoms with Gasteiger partial charge < -0.3 is 5.11 Å². The molecule has 0 aliphatic heterocycles. The summed E-state index contributed by atoms with van der Waals surface area (Å²) in [6.45, 7) is 3.47. The predicted octanol–water partition coefficient (Wildman–Crippen LogP) is 3.15. The van der Waals surface area contributed by atoms with E-state index in [-0.39, 0.29) is 0 Å².